The monoisotopic (exact) mass is 497 g/mol. The van der Waals surface area contributed by atoms with Gasteiger partial charge in [-0.1, -0.05) is 17.7 Å². The maximum atomic E-state index is 12.1. The van der Waals surface area contributed by atoms with Gasteiger partial charge in [0.25, 0.3) is 0 Å². The lowest BCUT2D eigenvalue weighted by Crippen LogP contribution is -2.32. The molecule has 0 radical (unpaired) electrons. The van der Waals surface area contributed by atoms with Gasteiger partial charge in [0.2, 0.25) is 26.0 Å². The number of sulfonamides is 2. The van der Waals surface area contributed by atoms with E-state index in [9.17, 15) is 21.6 Å². The summed E-state index contributed by atoms with van der Waals surface area (Å²) in [5.74, 6) is 0.284. The Hall–Kier alpha value is -2.63. The summed E-state index contributed by atoms with van der Waals surface area (Å²) in [4.78, 5) is 12.2. The minimum absolute atomic E-state index is 0.168. The van der Waals surface area contributed by atoms with Gasteiger partial charge in [0.15, 0.2) is 0 Å². The molecule has 0 unspecified atom stereocenters. The van der Waals surface area contributed by atoms with Crippen LogP contribution < -0.4 is 14.4 Å². The van der Waals surface area contributed by atoms with Crippen molar-refractivity contribution in [2.75, 3.05) is 44.4 Å². The van der Waals surface area contributed by atoms with Crippen molar-refractivity contribution in [3.05, 3.63) is 54.1 Å². The summed E-state index contributed by atoms with van der Waals surface area (Å²) >= 11 is 0. The Morgan fingerprint density at radius 3 is 2.12 bits per heavy atom. The van der Waals surface area contributed by atoms with Crippen LogP contribution in [-0.4, -0.2) is 67.1 Å². The van der Waals surface area contributed by atoms with Crippen molar-refractivity contribution in [2.24, 2.45) is 0 Å². The molecule has 2 aromatic rings. The molecule has 0 aliphatic rings. The van der Waals surface area contributed by atoms with Gasteiger partial charge in [0.1, 0.15) is 12.4 Å². The highest BCUT2D eigenvalue weighted by Gasteiger charge is 2.18. The average Bonchev–Trinajstić information content (AvgIpc) is 2.74. The zero-order valence-corrected chi connectivity index (χ0v) is 20.9. The Morgan fingerprint density at radius 1 is 0.970 bits per heavy atom. The molecule has 0 fully saturated rings. The number of nitrogens with one attached hydrogen (secondary N) is 1. The van der Waals surface area contributed by atoms with E-state index < -0.39 is 20.0 Å². The van der Waals surface area contributed by atoms with Crippen LogP contribution in [0, 0.1) is 6.92 Å². The number of nitrogens with zero attached hydrogens (tertiary/aromatic N) is 2. The number of rotatable bonds is 12. The van der Waals surface area contributed by atoms with Crippen LogP contribution in [0.1, 0.15) is 18.4 Å². The summed E-state index contributed by atoms with van der Waals surface area (Å²) in [6.07, 6.45) is 1.69. The first-order chi connectivity index (χ1) is 15.4. The number of amides is 1. The average molecular weight is 498 g/mol. The molecule has 0 heterocycles. The maximum absolute atomic E-state index is 12.1. The highest BCUT2D eigenvalue weighted by atomic mass is 32.2. The van der Waals surface area contributed by atoms with Gasteiger partial charge in [0, 0.05) is 27.1 Å². The summed E-state index contributed by atoms with van der Waals surface area (Å²) in [6.45, 7) is 2.61. The van der Waals surface area contributed by atoms with E-state index in [1.807, 2.05) is 19.1 Å². The third-order valence-electron chi connectivity index (χ3n) is 4.78. The predicted molar refractivity (Wildman–Crippen MR) is 128 cm³/mol. The molecule has 0 aliphatic carbocycles. The van der Waals surface area contributed by atoms with Crippen LogP contribution in [-0.2, 0) is 24.8 Å². The molecule has 0 saturated carbocycles. The summed E-state index contributed by atoms with van der Waals surface area (Å²) in [5, 5.41) is 2.73. The number of benzene rings is 2. The predicted octanol–water partition coefficient (Wildman–Crippen LogP) is 1.99. The number of aryl methyl sites for hydroxylation is 1. The van der Waals surface area contributed by atoms with E-state index in [0.29, 0.717) is 17.9 Å². The molecule has 33 heavy (non-hydrogen) atoms. The molecule has 0 spiro atoms. The van der Waals surface area contributed by atoms with Gasteiger partial charge >= 0.3 is 0 Å². The minimum Gasteiger partial charge on any atom is -0.492 e. The molecule has 0 bridgehead atoms. The highest BCUT2D eigenvalue weighted by molar-refractivity contribution is 7.92. The number of carbonyl (C=O) groups is 1. The van der Waals surface area contributed by atoms with E-state index >= 15 is 0 Å². The lowest BCUT2D eigenvalue weighted by Gasteiger charge is -2.22. The Bertz CT molecular complexity index is 1130. The number of hydrogen-bond donors (Lipinski definition) is 1. The van der Waals surface area contributed by atoms with E-state index in [2.05, 4.69) is 5.32 Å². The molecule has 1 N–H and O–H groups in total. The van der Waals surface area contributed by atoms with E-state index in [1.165, 1.54) is 30.5 Å². The number of anilines is 1. The van der Waals surface area contributed by atoms with Gasteiger partial charge < -0.3 is 10.1 Å². The fourth-order valence-electron chi connectivity index (χ4n) is 2.95. The molecule has 2 aromatic carbocycles. The number of hydrogen-bond acceptors (Lipinski definition) is 6. The molecule has 1 amide bonds. The number of carbonyl (C=O) groups excluding carboxylic acids is 1. The largest absolute Gasteiger partial charge is 0.492 e. The van der Waals surface area contributed by atoms with Gasteiger partial charge in [-0.15, -0.1) is 0 Å². The summed E-state index contributed by atoms with van der Waals surface area (Å²) in [5.41, 5.74) is 1.60. The van der Waals surface area contributed by atoms with Crippen molar-refractivity contribution < 1.29 is 26.4 Å². The van der Waals surface area contributed by atoms with Crippen molar-refractivity contribution >= 4 is 31.6 Å². The standard InChI is InChI=1S/C22H31N3O6S2/c1-18-7-9-19(10-8-18)25(32(4,27)28)16-5-6-22(26)23-15-17-31-20-11-13-21(14-12-20)33(29,30)24(2)3/h7-14H,5-6,15-17H2,1-4H3,(H,23,26). The Morgan fingerprint density at radius 2 is 1.58 bits per heavy atom. The molecular weight excluding hydrogens is 466 g/mol. The second kappa shape index (κ2) is 11.5. The first-order valence-corrected chi connectivity index (χ1v) is 13.7. The van der Waals surface area contributed by atoms with Crippen LogP contribution in [0.15, 0.2) is 53.4 Å². The van der Waals surface area contributed by atoms with Crippen LogP contribution in [0.3, 0.4) is 0 Å². The van der Waals surface area contributed by atoms with Crippen LogP contribution in [0.4, 0.5) is 5.69 Å². The summed E-state index contributed by atoms with van der Waals surface area (Å²) in [7, 11) is -4.03. The summed E-state index contributed by atoms with van der Waals surface area (Å²) in [6, 6.07) is 13.2. The maximum Gasteiger partial charge on any atom is 0.242 e. The van der Waals surface area contributed by atoms with E-state index in [0.717, 1.165) is 16.1 Å². The highest BCUT2D eigenvalue weighted by Crippen LogP contribution is 2.19. The fourth-order valence-corrected chi connectivity index (χ4v) is 4.81. The third kappa shape index (κ3) is 8.02. The van der Waals surface area contributed by atoms with Crippen molar-refractivity contribution in [1.82, 2.24) is 9.62 Å². The lowest BCUT2D eigenvalue weighted by molar-refractivity contribution is -0.121. The lowest BCUT2D eigenvalue weighted by atomic mass is 10.2. The molecule has 2 rings (SSSR count). The Labute approximate surface area is 196 Å². The molecule has 0 aromatic heterocycles. The topological polar surface area (TPSA) is 113 Å². The van der Waals surface area contributed by atoms with E-state index in [-0.39, 0.29) is 36.9 Å². The smallest absolute Gasteiger partial charge is 0.242 e. The molecule has 0 atom stereocenters. The fraction of sp³-hybridized carbons (Fsp3) is 0.409. The normalized spacial score (nSPS) is 11.9. The molecule has 9 nitrogen and oxygen atoms in total. The molecule has 182 valence electrons. The van der Waals surface area contributed by atoms with Crippen LogP contribution >= 0.6 is 0 Å². The Balaban J connectivity index is 1.75. The zero-order valence-electron chi connectivity index (χ0n) is 19.3. The molecule has 0 aliphatic heterocycles. The van der Waals surface area contributed by atoms with Crippen molar-refractivity contribution in [1.29, 1.82) is 0 Å². The minimum atomic E-state index is -3.49. The van der Waals surface area contributed by atoms with Crippen LogP contribution in [0.5, 0.6) is 5.75 Å². The zero-order chi connectivity index (χ0) is 24.6. The molecule has 11 heteroatoms. The van der Waals surface area contributed by atoms with Gasteiger partial charge in [-0.25, -0.2) is 21.1 Å². The summed E-state index contributed by atoms with van der Waals surface area (Å²) < 4.78 is 56.3. The molecular formula is C22H31N3O6S2. The molecule has 0 saturated heterocycles. The SMILES string of the molecule is Cc1ccc(N(CCCC(=O)NCCOc2ccc(S(=O)(=O)N(C)C)cc2)S(C)(=O)=O)cc1. The van der Waals surface area contributed by atoms with Gasteiger partial charge in [-0.2, -0.15) is 0 Å². The first kappa shape index (κ1) is 26.6. The number of ether oxygens (including phenoxy) is 1. The van der Waals surface area contributed by atoms with Crippen molar-refractivity contribution in [2.45, 2.75) is 24.7 Å². The van der Waals surface area contributed by atoms with Crippen molar-refractivity contribution in [3.63, 3.8) is 0 Å². The second-order valence-electron chi connectivity index (χ2n) is 7.73. The van der Waals surface area contributed by atoms with Gasteiger partial charge in [-0.05, 0) is 49.7 Å². The second-order valence-corrected chi connectivity index (χ2v) is 11.8. The third-order valence-corrected chi connectivity index (χ3v) is 7.81. The van der Waals surface area contributed by atoms with Gasteiger partial charge in [0.05, 0.1) is 23.4 Å². The quantitative estimate of drug-likeness (QED) is 0.449. The van der Waals surface area contributed by atoms with Gasteiger partial charge in [-0.3, -0.25) is 9.10 Å². The van der Waals surface area contributed by atoms with Crippen LogP contribution in [0.25, 0.3) is 0 Å². The van der Waals surface area contributed by atoms with E-state index in [4.69, 9.17) is 4.74 Å². The first-order valence-electron chi connectivity index (χ1n) is 10.4. The van der Waals surface area contributed by atoms with E-state index in [1.54, 1.807) is 24.3 Å². The Kier molecular flexibility index (Phi) is 9.26. The van der Waals surface area contributed by atoms with Crippen LogP contribution in [0.2, 0.25) is 0 Å². The van der Waals surface area contributed by atoms with Crippen molar-refractivity contribution in [3.8, 4) is 5.75 Å².